The van der Waals surface area contributed by atoms with Gasteiger partial charge in [0.05, 0.1) is 17.1 Å². The summed E-state index contributed by atoms with van der Waals surface area (Å²) >= 11 is 4.19. The van der Waals surface area contributed by atoms with E-state index in [4.69, 9.17) is 0 Å². The summed E-state index contributed by atoms with van der Waals surface area (Å²) in [6, 6.07) is 9.85. The maximum atomic E-state index is 4.33. The van der Waals surface area contributed by atoms with Gasteiger partial charge in [0.15, 0.2) is 0 Å². The topological polar surface area (TPSA) is 30.7 Å². The van der Waals surface area contributed by atoms with E-state index in [1.807, 2.05) is 37.3 Å². The Balaban J connectivity index is 0.00000112. The van der Waals surface area contributed by atoms with Gasteiger partial charge in [0.2, 0.25) is 0 Å². The molecule has 1 heterocycles. The molecule has 0 fully saturated rings. The second-order valence-corrected chi connectivity index (χ2v) is 3.33. The summed E-state index contributed by atoms with van der Waals surface area (Å²) in [5.74, 6) is 0.624. The SMILES string of the molecule is C.Cc1nn(-c2ccccc2)nc1CS. The molecular weight excluding hydrogens is 206 g/mol. The van der Waals surface area contributed by atoms with Gasteiger partial charge in [0.25, 0.3) is 0 Å². The fraction of sp³-hybridized carbons (Fsp3) is 0.273. The van der Waals surface area contributed by atoms with E-state index in [2.05, 4.69) is 22.8 Å². The molecule has 15 heavy (non-hydrogen) atoms. The number of aromatic nitrogens is 3. The number of rotatable bonds is 2. The fourth-order valence-electron chi connectivity index (χ4n) is 1.23. The molecule has 0 aliphatic rings. The molecule has 4 heteroatoms. The molecule has 0 atom stereocenters. The largest absolute Gasteiger partial charge is 0.173 e. The molecule has 0 saturated carbocycles. The van der Waals surface area contributed by atoms with Crippen LogP contribution < -0.4 is 0 Å². The zero-order chi connectivity index (χ0) is 9.97. The Kier molecular flexibility index (Phi) is 3.91. The average molecular weight is 221 g/mol. The van der Waals surface area contributed by atoms with Gasteiger partial charge in [-0.3, -0.25) is 0 Å². The zero-order valence-electron chi connectivity index (χ0n) is 7.88. The van der Waals surface area contributed by atoms with Gasteiger partial charge in [-0.15, -0.1) is 0 Å². The third kappa shape index (κ3) is 2.39. The number of thiol groups is 1. The van der Waals surface area contributed by atoms with Crippen LogP contribution in [0.5, 0.6) is 0 Å². The molecule has 0 bridgehead atoms. The van der Waals surface area contributed by atoms with Gasteiger partial charge in [-0.05, 0) is 19.1 Å². The van der Waals surface area contributed by atoms with E-state index in [-0.39, 0.29) is 7.43 Å². The lowest BCUT2D eigenvalue weighted by Gasteiger charge is -1.96. The van der Waals surface area contributed by atoms with Crippen molar-refractivity contribution in [1.29, 1.82) is 0 Å². The van der Waals surface area contributed by atoms with Crippen molar-refractivity contribution in [1.82, 2.24) is 15.0 Å². The van der Waals surface area contributed by atoms with Crippen molar-refractivity contribution < 1.29 is 0 Å². The third-order valence-electron chi connectivity index (χ3n) is 2.01. The smallest absolute Gasteiger partial charge is 0.0957 e. The predicted octanol–water partition coefficient (Wildman–Crippen LogP) is 2.64. The summed E-state index contributed by atoms with van der Waals surface area (Å²) in [6.07, 6.45) is 0. The zero-order valence-corrected chi connectivity index (χ0v) is 8.78. The quantitative estimate of drug-likeness (QED) is 0.790. The Labute approximate surface area is 95.5 Å². The second-order valence-electron chi connectivity index (χ2n) is 3.02. The molecule has 0 amide bonds. The monoisotopic (exact) mass is 221 g/mol. The molecule has 0 unspecified atom stereocenters. The summed E-state index contributed by atoms with van der Waals surface area (Å²) in [4.78, 5) is 1.64. The highest BCUT2D eigenvalue weighted by Crippen LogP contribution is 2.09. The van der Waals surface area contributed by atoms with E-state index in [1.165, 1.54) is 0 Å². The lowest BCUT2D eigenvalue weighted by Crippen LogP contribution is -1.98. The molecule has 80 valence electrons. The molecule has 1 aromatic heterocycles. The summed E-state index contributed by atoms with van der Waals surface area (Å²) in [5.41, 5.74) is 2.84. The number of nitrogens with zero attached hydrogens (tertiary/aromatic N) is 3. The molecule has 2 aromatic rings. The summed E-state index contributed by atoms with van der Waals surface area (Å²) < 4.78 is 0. The van der Waals surface area contributed by atoms with Crippen molar-refractivity contribution in [2.75, 3.05) is 0 Å². The van der Waals surface area contributed by atoms with Crippen molar-refractivity contribution >= 4 is 12.6 Å². The van der Waals surface area contributed by atoms with Crippen LogP contribution in [0.3, 0.4) is 0 Å². The standard InChI is InChI=1S/C10H11N3S.CH4/c1-8-10(7-14)12-13(11-8)9-5-3-2-4-6-9;/h2-6,14H,7H2,1H3;1H4. The minimum Gasteiger partial charge on any atom is -0.173 e. The van der Waals surface area contributed by atoms with E-state index in [1.54, 1.807) is 4.80 Å². The van der Waals surface area contributed by atoms with Crippen LogP contribution in [0.1, 0.15) is 18.8 Å². The van der Waals surface area contributed by atoms with Crippen molar-refractivity contribution in [3.63, 3.8) is 0 Å². The lowest BCUT2D eigenvalue weighted by atomic mass is 10.3. The van der Waals surface area contributed by atoms with Crippen LogP contribution in [0, 0.1) is 6.92 Å². The van der Waals surface area contributed by atoms with E-state index < -0.39 is 0 Å². The van der Waals surface area contributed by atoms with Crippen molar-refractivity contribution in [3.8, 4) is 5.69 Å². The highest BCUT2D eigenvalue weighted by atomic mass is 32.1. The first-order valence-electron chi connectivity index (χ1n) is 4.40. The Hall–Kier alpha value is -1.29. The van der Waals surface area contributed by atoms with Crippen LogP contribution in [-0.2, 0) is 5.75 Å². The minimum atomic E-state index is 0. The minimum absolute atomic E-state index is 0. The fourth-order valence-corrected chi connectivity index (χ4v) is 1.52. The Morgan fingerprint density at radius 1 is 1.20 bits per heavy atom. The first-order chi connectivity index (χ1) is 6.81. The first-order valence-corrected chi connectivity index (χ1v) is 5.03. The highest BCUT2D eigenvalue weighted by Gasteiger charge is 2.05. The normalized spacial score (nSPS) is 9.73. The van der Waals surface area contributed by atoms with Crippen LogP contribution in [0.2, 0.25) is 0 Å². The van der Waals surface area contributed by atoms with Gasteiger partial charge in [-0.2, -0.15) is 27.6 Å². The number of aryl methyl sites for hydroxylation is 1. The highest BCUT2D eigenvalue weighted by molar-refractivity contribution is 7.79. The summed E-state index contributed by atoms with van der Waals surface area (Å²) in [5, 5.41) is 8.64. The van der Waals surface area contributed by atoms with E-state index >= 15 is 0 Å². The average Bonchev–Trinajstić information content (AvgIpc) is 2.61. The molecule has 0 spiro atoms. The van der Waals surface area contributed by atoms with Gasteiger partial charge in [0.1, 0.15) is 0 Å². The predicted molar refractivity (Wildman–Crippen MR) is 65.5 cm³/mol. The molecule has 1 aromatic carbocycles. The number of para-hydroxylation sites is 1. The number of hydrogen-bond donors (Lipinski definition) is 1. The van der Waals surface area contributed by atoms with Crippen LogP contribution in [-0.4, -0.2) is 15.0 Å². The molecule has 3 nitrogen and oxygen atoms in total. The van der Waals surface area contributed by atoms with E-state index in [0.717, 1.165) is 17.1 Å². The van der Waals surface area contributed by atoms with Gasteiger partial charge in [-0.1, -0.05) is 25.6 Å². The summed E-state index contributed by atoms with van der Waals surface area (Å²) in [7, 11) is 0. The first kappa shape index (κ1) is 11.8. The molecular formula is C11H15N3S. The molecule has 0 aliphatic heterocycles. The molecule has 0 saturated heterocycles. The lowest BCUT2D eigenvalue weighted by molar-refractivity contribution is 0.740. The van der Waals surface area contributed by atoms with Crippen LogP contribution >= 0.6 is 12.6 Å². The Morgan fingerprint density at radius 3 is 2.40 bits per heavy atom. The van der Waals surface area contributed by atoms with Gasteiger partial charge in [0, 0.05) is 5.75 Å². The van der Waals surface area contributed by atoms with Crippen molar-refractivity contribution in [2.45, 2.75) is 20.1 Å². The second kappa shape index (κ2) is 4.98. The maximum absolute atomic E-state index is 4.33. The van der Waals surface area contributed by atoms with Crippen LogP contribution in [0.25, 0.3) is 5.69 Å². The number of benzene rings is 1. The van der Waals surface area contributed by atoms with Crippen LogP contribution in [0.4, 0.5) is 0 Å². The Morgan fingerprint density at radius 2 is 1.87 bits per heavy atom. The van der Waals surface area contributed by atoms with Gasteiger partial charge >= 0.3 is 0 Å². The molecule has 0 N–H and O–H groups in total. The molecule has 2 rings (SSSR count). The maximum Gasteiger partial charge on any atom is 0.0957 e. The number of hydrogen-bond acceptors (Lipinski definition) is 3. The van der Waals surface area contributed by atoms with E-state index in [0.29, 0.717) is 5.75 Å². The van der Waals surface area contributed by atoms with E-state index in [9.17, 15) is 0 Å². The van der Waals surface area contributed by atoms with Gasteiger partial charge < -0.3 is 0 Å². The molecule has 0 radical (unpaired) electrons. The van der Waals surface area contributed by atoms with Crippen molar-refractivity contribution in [2.24, 2.45) is 0 Å². The third-order valence-corrected chi connectivity index (χ3v) is 2.31. The van der Waals surface area contributed by atoms with Crippen LogP contribution in [0.15, 0.2) is 30.3 Å². The Bertz CT molecular complexity index is 423. The van der Waals surface area contributed by atoms with Gasteiger partial charge in [-0.25, -0.2) is 0 Å². The molecule has 0 aliphatic carbocycles. The van der Waals surface area contributed by atoms with Crippen molar-refractivity contribution in [3.05, 3.63) is 41.7 Å². The summed E-state index contributed by atoms with van der Waals surface area (Å²) in [6.45, 7) is 1.94.